The predicted octanol–water partition coefficient (Wildman–Crippen LogP) is 2.39. The molecule has 1 heterocycles. The molecule has 0 radical (unpaired) electrons. The third kappa shape index (κ3) is 3.57. The Kier molecular flexibility index (Phi) is 4.18. The first-order valence-corrected chi connectivity index (χ1v) is 5.75. The molecule has 0 bridgehead atoms. The minimum absolute atomic E-state index is 0.0593. The molecule has 3 nitrogen and oxygen atoms in total. The Bertz CT molecular complexity index is 256. The Morgan fingerprint density at radius 1 is 1.40 bits per heavy atom. The van der Waals surface area contributed by atoms with E-state index in [1.165, 1.54) is 5.57 Å². The first kappa shape index (κ1) is 12.1. The van der Waals surface area contributed by atoms with Gasteiger partial charge in [0, 0.05) is 19.1 Å². The molecular formula is C12H22N2O. The third-order valence-corrected chi connectivity index (χ3v) is 2.69. The van der Waals surface area contributed by atoms with Crippen LogP contribution in [-0.4, -0.2) is 30.1 Å². The summed E-state index contributed by atoms with van der Waals surface area (Å²) in [6.45, 7) is 9.98. The number of carbonyl (C=O) groups excluding carboxylic acids is 1. The van der Waals surface area contributed by atoms with Gasteiger partial charge in [0.25, 0.3) is 0 Å². The first-order chi connectivity index (χ1) is 7.00. The molecule has 3 heteroatoms. The van der Waals surface area contributed by atoms with E-state index in [1.807, 2.05) is 18.7 Å². The van der Waals surface area contributed by atoms with Gasteiger partial charge in [-0.15, -0.1) is 0 Å². The van der Waals surface area contributed by atoms with Crippen molar-refractivity contribution in [2.75, 3.05) is 13.1 Å². The number of hydrogen-bond donors (Lipinski definition) is 1. The van der Waals surface area contributed by atoms with Gasteiger partial charge in [-0.05, 0) is 26.2 Å². The van der Waals surface area contributed by atoms with Gasteiger partial charge in [0.1, 0.15) is 0 Å². The second kappa shape index (κ2) is 5.19. The highest BCUT2D eigenvalue weighted by Gasteiger charge is 2.18. The van der Waals surface area contributed by atoms with Crippen LogP contribution in [0.15, 0.2) is 11.6 Å². The molecule has 86 valence electrons. The number of hydrogen-bond acceptors (Lipinski definition) is 1. The molecule has 0 fully saturated rings. The molecule has 0 atom stereocenters. The molecule has 1 rings (SSSR count). The zero-order valence-electron chi connectivity index (χ0n) is 10.2. The summed E-state index contributed by atoms with van der Waals surface area (Å²) in [6, 6.07) is 0.275. The van der Waals surface area contributed by atoms with E-state index in [-0.39, 0.29) is 12.1 Å². The van der Waals surface area contributed by atoms with Crippen molar-refractivity contribution in [1.82, 2.24) is 10.2 Å². The molecule has 2 amide bonds. The van der Waals surface area contributed by atoms with Gasteiger partial charge in [-0.25, -0.2) is 4.79 Å². The lowest BCUT2D eigenvalue weighted by atomic mass is 9.97. The van der Waals surface area contributed by atoms with Crippen molar-refractivity contribution in [3.05, 3.63) is 11.6 Å². The molecule has 0 aromatic heterocycles. The van der Waals surface area contributed by atoms with Crippen LogP contribution in [0.25, 0.3) is 0 Å². The summed E-state index contributed by atoms with van der Waals surface area (Å²) in [5.74, 6) is 0.611. The highest BCUT2D eigenvalue weighted by Crippen LogP contribution is 2.18. The summed E-state index contributed by atoms with van der Waals surface area (Å²) in [5, 5.41) is 2.91. The number of nitrogens with one attached hydrogen (secondary N) is 1. The molecule has 0 unspecified atom stereocenters. The van der Waals surface area contributed by atoms with Crippen molar-refractivity contribution in [2.24, 2.45) is 5.92 Å². The van der Waals surface area contributed by atoms with E-state index < -0.39 is 0 Å². The highest BCUT2D eigenvalue weighted by molar-refractivity contribution is 5.74. The van der Waals surface area contributed by atoms with Crippen molar-refractivity contribution in [3.63, 3.8) is 0 Å². The smallest absolute Gasteiger partial charge is 0.317 e. The summed E-state index contributed by atoms with van der Waals surface area (Å²) < 4.78 is 0. The van der Waals surface area contributed by atoms with E-state index in [0.717, 1.165) is 19.5 Å². The summed E-state index contributed by atoms with van der Waals surface area (Å²) in [6.07, 6.45) is 3.21. The van der Waals surface area contributed by atoms with Crippen molar-refractivity contribution >= 4 is 6.03 Å². The Balaban J connectivity index is 2.46. The Morgan fingerprint density at radius 3 is 2.47 bits per heavy atom. The van der Waals surface area contributed by atoms with Crippen molar-refractivity contribution in [2.45, 2.75) is 40.2 Å². The van der Waals surface area contributed by atoms with Crippen LogP contribution >= 0.6 is 0 Å². The molecule has 0 aromatic carbocycles. The SMILES string of the molecule is CC(C)NC(=O)N1CC=C(C(C)C)CC1. The number of nitrogens with zero attached hydrogens (tertiary/aromatic N) is 1. The average Bonchev–Trinajstić information content (AvgIpc) is 2.17. The van der Waals surface area contributed by atoms with E-state index >= 15 is 0 Å². The Labute approximate surface area is 92.5 Å². The van der Waals surface area contributed by atoms with Crippen LogP contribution in [0.1, 0.15) is 34.1 Å². The lowest BCUT2D eigenvalue weighted by Gasteiger charge is -2.28. The topological polar surface area (TPSA) is 32.3 Å². The average molecular weight is 210 g/mol. The first-order valence-electron chi connectivity index (χ1n) is 5.75. The van der Waals surface area contributed by atoms with E-state index in [0.29, 0.717) is 5.92 Å². The van der Waals surface area contributed by atoms with Crippen LogP contribution in [0.3, 0.4) is 0 Å². The largest absolute Gasteiger partial charge is 0.336 e. The van der Waals surface area contributed by atoms with Crippen molar-refractivity contribution in [1.29, 1.82) is 0 Å². The van der Waals surface area contributed by atoms with Gasteiger partial charge in [0.2, 0.25) is 0 Å². The van der Waals surface area contributed by atoms with E-state index in [2.05, 4.69) is 25.2 Å². The van der Waals surface area contributed by atoms with Crippen molar-refractivity contribution in [3.8, 4) is 0 Å². The van der Waals surface area contributed by atoms with E-state index in [9.17, 15) is 4.79 Å². The number of urea groups is 1. The van der Waals surface area contributed by atoms with Gasteiger partial charge in [0.05, 0.1) is 0 Å². The normalized spacial score (nSPS) is 16.9. The monoisotopic (exact) mass is 210 g/mol. The Hall–Kier alpha value is -0.990. The maximum Gasteiger partial charge on any atom is 0.317 e. The standard InChI is InChI=1S/C12H22N2O/c1-9(2)11-5-7-14(8-6-11)12(15)13-10(3)4/h5,9-10H,6-8H2,1-4H3,(H,13,15). The minimum atomic E-state index is 0.0593. The molecule has 0 spiro atoms. The van der Waals surface area contributed by atoms with Gasteiger partial charge < -0.3 is 10.2 Å². The second-order valence-corrected chi connectivity index (χ2v) is 4.73. The maximum atomic E-state index is 11.7. The number of rotatable bonds is 2. The maximum absolute atomic E-state index is 11.7. The van der Waals surface area contributed by atoms with Gasteiger partial charge in [-0.2, -0.15) is 0 Å². The van der Waals surface area contributed by atoms with Crippen LogP contribution < -0.4 is 5.32 Å². The predicted molar refractivity (Wildman–Crippen MR) is 62.8 cm³/mol. The van der Waals surface area contributed by atoms with E-state index in [1.54, 1.807) is 0 Å². The molecule has 1 aliphatic rings. The lowest BCUT2D eigenvalue weighted by Crippen LogP contribution is -2.44. The number of carbonyl (C=O) groups is 1. The molecule has 1 N–H and O–H groups in total. The zero-order valence-corrected chi connectivity index (χ0v) is 10.2. The fourth-order valence-corrected chi connectivity index (χ4v) is 1.73. The summed E-state index contributed by atoms with van der Waals surface area (Å²) in [7, 11) is 0. The summed E-state index contributed by atoms with van der Waals surface area (Å²) in [5.41, 5.74) is 1.48. The fourth-order valence-electron chi connectivity index (χ4n) is 1.73. The molecule has 0 saturated carbocycles. The van der Waals surface area contributed by atoms with Gasteiger partial charge in [-0.1, -0.05) is 25.5 Å². The van der Waals surface area contributed by atoms with Crippen LogP contribution in [0, 0.1) is 5.92 Å². The molecular weight excluding hydrogens is 188 g/mol. The number of amides is 2. The van der Waals surface area contributed by atoms with Gasteiger partial charge in [-0.3, -0.25) is 0 Å². The summed E-state index contributed by atoms with van der Waals surface area (Å²) in [4.78, 5) is 13.5. The molecule has 0 aliphatic carbocycles. The zero-order chi connectivity index (χ0) is 11.4. The van der Waals surface area contributed by atoms with Gasteiger partial charge in [0.15, 0.2) is 0 Å². The molecule has 1 aliphatic heterocycles. The molecule has 0 saturated heterocycles. The van der Waals surface area contributed by atoms with Gasteiger partial charge >= 0.3 is 6.03 Å². The molecule has 15 heavy (non-hydrogen) atoms. The minimum Gasteiger partial charge on any atom is -0.336 e. The quantitative estimate of drug-likeness (QED) is 0.697. The fraction of sp³-hybridized carbons (Fsp3) is 0.750. The van der Waals surface area contributed by atoms with Crippen LogP contribution in [-0.2, 0) is 0 Å². The highest BCUT2D eigenvalue weighted by atomic mass is 16.2. The molecule has 0 aromatic rings. The lowest BCUT2D eigenvalue weighted by molar-refractivity contribution is 0.198. The third-order valence-electron chi connectivity index (χ3n) is 2.69. The summed E-state index contributed by atoms with van der Waals surface area (Å²) >= 11 is 0. The van der Waals surface area contributed by atoms with Crippen LogP contribution in [0.5, 0.6) is 0 Å². The second-order valence-electron chi connectivity index (χ2n) is 4.73. The van der Waals surface area contributed by atoms with Crippen LogP contribution in [0.2, 0.25) is 0 Å². The van der Waals surface area contributed by atoms with Crippen molar-refractivity contribution < 1.29 is 4.79 Å². The Morgan fingerprint density at radius 2 is 2.07 bits per heavy atom. The van der Waals surface area contributed by atoms with E-state index in [4.69, 9.17) is 0 Å². The van der Waals surface area contributed by atoms with Crippen LogP contribution in [0.4, 0.5) is 4.79 Å².